The Morgan fingerprint density at radius 1 is 0.512 bits per heavy atom. The van der Waals surface area contributed by atoms with Gasteiger partial charge in [-0.1, -0.05) is 123 Å². The minimum Gasteiger partial charge on any atom is -0.208 e. The number of benzene rings is 5. The molecule has 7 rings (SSSR count). The maximum Gasteiger partial charge on any atom is 0.164 e. The fraction of sp³-hybridized carbons (Fsp3) is 0.0811. The van der Waals surface area contributed by atoms with Gasteiger partial charge in [0.1, 0.15) is 0 Å². The van der Waals surface area contributed by atoms with Crippen molar-refractivity contribution in [2.75, 3.05) is 0 Å². The van der Waals surface area contributed by atoms with E-state index in [0.717, 1.165) is 38.9 Å². The smallest absolute Gasteiger partial charge is 0.164 e. The fourth-order valence-electron chi connectivity index (χ4n) is 5.94. The molecule has 5 aromatic carbocycles. The first-order valence-corrected chi connectivity index (χ1v) is 13.7. The molecule has 0 atom stereocenters. The zero-order valence-corrected chi connectivity index (χ0v) is 22.8. The molecular weight excluding hydrogens is 500 g/mol. The van der Waals surface area contributed by atoms with E-state index in [1.165, 1.54) is 11.1 Å². The predicted molar refractivity (Wildman–Crippen MR) is 164 cm³/mol. The van der Waals surface area contributed by atoms with Crippen molar-refractivity contribution in [2.45, 2.75) is 19.3 Å². The SMILES string of the molecule is CC1(C)c2ccc(C#N)cc2-c2c(-c3ccccc3-c3nc(-c4ccccc4)nc(-c4ccccc4)n3)cccc21. The molecule has 0 bridgehead atoms. The van der Waals surface area contributed by atoms with Gasteiger partial charge in [-0.05, 0) is 45.5 Å². The van der Waals surface area contributed by atoms with Crippen molar-refractivity contribution >= 4 is 0 Å². The van der Waals surface area contributed by atoms with Gasteiger partial charge in [0.15, 0.2) is 17.5 Å². The lowest BCUT2D eigenvalue weighted by Crippen LogP contribution is -2.14. The predicted octanol–water partition coefficient (Wildman–Crippen LogP) is 8.72. The molecule has 0 unspecified atom stereocenters. The number of rotatable bonds is 4. The Morgan fingerprint density at radius 2 is 1.07 bits per heavy atom. The van der Waals surface area contributed by atoms with Crippen LogP contribution in [0.1, 0.15) is 30.5 Å². The summed E-state index contributed by atoms with van der Waals surface area (Å²) in [5.74, 6) is 1.88. The summed E-state index contributed by atoms with van der Waals surface area (Å²) in [5, 5.41) is 9.69. The standard InChI is InChI=1S/C37H26N4/c1-37(2)31-21-20-24(23-38)22-30(31)33-28(18-11-19-32(33)37)27-16-9-10-17-29(27)36-40-34(25-12-5-3-6-13-25)39-35(41-36)26-14-7-4-8-15-26/h3-22H,1-2H3. The van der Waals surface area contributed by atoms with E-state index in [2.05, 4.69) is 62.4 Å². The second-order valence-electron chi connectivity index (χ2n) is 10.8. The third kappa shape index (κ3) is 4.11. The van der Waals surface area contributed by atoms with Crippen LogP contribution in [0.2, 0.25) is 0 Å². The van der Waals surface area contributed by atoms with Crippen molar-refractivity contribution in [1.29, 1.82) is 5.26 Å². The zero-order chi connectivity index (χ0) is 28.0. The van der Waals surface area contributed by atoms with Crippen LogP contribution in [-0.4, -0.2) is 15.0 Å². The summed E-state index contributed by atoms with van der Waals surface area (Å²) in [6.45, 7) is 4.51. The maximum absolute atomic E-state index is 9.69. The van der Waals surface area contributed by atoms with Crippen LogP contribution in [0.5, 0.6) is 0 Å². The molecule has 4 heteroatoms. The van der Waals surface area contributed by atoms with Crippen molar-refractivity contribution in [3.8, 4) is 62.5 Å². The zero-order valence-electron chi connectivity index (χ0n) is 22.8. The summed E-state index contributed by atoms with van der Waals surface area (Å²) < 4.78 is 0. The largest absolute Gasteiger partial charge is 0.208 e. The van der Waals surface area contributed by atoms with E-state index < -0.39 is 0 Å². The monoisotopic (exact) mass is 526 g/mol. The van der Waals surface area contributed by atoms with E-state index in [9.17, 15) is 5.26 Å². The van der Waals surface area contributed by atoms with Crippen LogP contribution in [0.3, 0.4) is 0 Å². The second-order valence-corrected chi connectivity index (χ2v) is 10.8. The first-order valence-electron chi connectivity index (χ1n) is 13.7. The summed E-state index contributed by atoms with van der Waals surface area (Å²) in [5.41, 5.74) is 10.2. The summed E-state index contributed by atoms with van der Waals surface area (Å²) in [6, 6.07) is 43.3. The van der Waals surface area contributed by atoms with Gasteiger partial charge in [0, 0.05) is 22.1 Å². The third-order valence-electron chi connectivity index (χ3n) is 7.99. The highest BCUT2D eigenvalue weighted by molar-refractivity contribution is 5.96. The fourth-order valence-corrected chi connectivity index (χ4v) is 5.94. The van der Waals surface area contributed by atoms with E-state index in [0.29, 0.717) is 23.0 Å². The number of hydrogen-bond acceptors (Lipinski definition) is 4. The van der Waals surface area contributed by atoms with E-state index in [4.69, 9.17) is 15.0 Å². The summed E-state index contributed by atoms with van der Waals surface area (Å²) in [4.78, 5) is 14.9. The Hall–Kier alpha value is -5.40. The second kappa shape index (κ2) is 9.66. The van der Waals surface area contributed by atoms with Gasteiger partial charge in [0.25, 0.3) is 0 Å². The van der Waals surface area contributed by atoms with Gasteiger partial charge in [-0.25, -0.2) is 15.0 Å². The van der Waals surface area contributed by atoms with Gasteiger partial charge in [-0.15, -0.1) is 0 Å². The molecule has 0 radical (unpaired) electrons. The number of nitriles is 1. The van der Waals surface area contributed by atoms with E-state index >= 15 is 0 Å². The molecule has 0 saturated carbocycles. The van der Waals surface area contributed by atoms with Crippen LogP contribution < -0.4 is 0 Å². The minimum atomic E-state index is -0.183. The van der Waals surface area contributed by atoms with Gasteiger partial charge in [0.05, 0.1) is 11.6 Å². The summed E-state index contributed by atoms with van der Waals surface area (Å²) >= 11 is 0. The molecule has 4 nitrogen and oxygen atoms in total. The lowest BCUT2D eigenvalue weighted by atomic mass is 9.81. The average Bonchev–Trinajstić information content (AvgIpc) is 3.27. The van der Waals surface area contributed by atoms with Crippen LogP contribution >= 0.6 is 0 Å². The number of nitrogens with zero attached hydrogens (tertiary/aromatic N) is 4. The third-order valence-corrected chi connectivity index (χ3v) is 7.99. The van der Waals surface area contributed by atoms with E-state index in [1.807, 2.05) is 78.9 Å². The van der Waals surface area contributed by atoms with Crippen molar-refractivity contribution in [1.82, 2.24) is 15.0 Å². The lowest BCUT2D eigenvalue weighted by molar-refractivity contribution is 0.660. The first-order chi connectivity index (χ1) is 20.0. The molecule has 1 aliphatic rings. The Bertz CT molecular complexity index is 1910. The molecule has 194 valence electrons. The van der Waals surface area contributed by atoms with Crippen molar-refractivity contribution in [3.63, 3.8) is 0 Å². The van der Waals surface area contributed by atoms with Crippen LogP contribution in [0.4, 0.5) is 0 Å². The highest BCUT2D eigenvalue weighted by Crippen LogP contribution is 2.53. The molecule has 0 N–H and O–H groups in total. The summed E-state index contributed by atoms with van der Waals surface area (Å²) in [7, 11) is 0. The number of hydrogen-bond donors (Lipinski definition) is 0. The van der Waals surface area contributed by atoms with Gasteiger partial charge in [-0.2, -0.15) is 5.26 Å². The van der Waals surface area contributed by atoms with Crippen molar-refractivity contribution in [3.05, 3.63) is 138 Å². The van der Waals surface area contributed by atoms with Crippen LogP contribution in [0.15, 0.2) is 121 Å². The molecular formula is C37H26N4. The molecule has 1 aromatic heterocycles. The highest BCUT2D eigenvalue weighted by atomic mass is 15.0. The molecule has 0 aliphatic heterocycles. The van der Waals surface area contributed by atoms with Crippen LogP contribution in [0.25, 0.3) is 56.4 Å². The Kier molecular flexibility index (Phi) is 5.80. The Labute approximate surface area is 239 Å². The highest BCUT2D eigenvalue weighted by Gasteiger charge is 2.37. The number of fused-ring (bicyclic) bond motifs is 3. The molecule has 0 spiro atoms. The first kappa shape index (κ1) is 24.6. The van der Waals surface area contributed by atoms with Crippen molar-refractivity contribution in [2.24, 2.45) is 0 Å². The van der Waals surface area contributed by atoms with Crippen LogP contribution in [0, 0.1) is 11.3 Å². The summed E-state index contributed by atoms with van der Waals surface area (Å²) in [6.07, 6.45) is 0. The van der Waals surface area contributed by atoms with Gasteiger partial charge < -0.3 is 0 Å². The molecule has 1 aliphatic carbocycles. The van der Waals surface area contributed by atoms with Gasteiger partial charge in [-0.3, -0.25) is 0 Å². The van der Waals surface area contributed by atoms with E-state index in [1.54, 1.807) is 0 Å². The molecule has 1 heterocycles. The molecule has 6 aromatic rings. The van der Waals surface area contributed by atoms with Gasteiger partial charge >= 0.3 is 0 Å². The van der Waals surface area contributed by atoms with Crippen molar-refractivity contribution < 1.29 is 0 Å². The topological polar surface area (TPSA) is 62.5 Å². The van der Waals surface area contributed by atoms with Gasteiger partial charge in [0.2, 0.25) is 0 Å². The quantitative estimate of drug-likeness (QED) is 0.230. The lowest BCUT2D eigenvalue weighted by Gasteiger charge is -2.22. The normalized spacial score (nSPS) is 12.8. The average molecular weight is 527 g/mol. The molecule has 0 amide bonds. The molecule has 0 fully saturated rings. The van der Waals surface area contributed by atoms with E-state index in [-0.39, 0.29) is 5.41 Å². The Balaban J connectivity index is 1.48. The van der Waals surface area contributed by atoms with Crippen LogP contribution in [-0.2, 0) is 5.41 Å². The molecule has 0 saturated heterocycles. The number of aromatic nitrogens is 3. The minimum absolute atomic E-state index is 0.183. The molecule has 41 heavy (non-hydrogen) atoms. The Morgan fingerprint density at radius 3 is 1.71 bits per heavy atom. The maximum atomic E-state index is 9.69.